The molecule has 84 valence electrons. The van der Waals surface area contributed by atoms with Gasteiger partial charge in [0.25, 0.3) is 0 Å². The minimum absolute atomic E-state index is 0.366. The fourth-order valence-corrected chi connectivity index (χ4v) is 1.86. The molecule has 0 unspecified atom stereocenters. The summed E-state index contributed by atoms with van der Waals surface area (Å²) < 4.78 is 0.367. The summed E-state index contributed by atoms with van der Waals surface area (Å²) in [5.41, 5.74) is 0.978. The van der Waals surface area contributed by atoms with Crippen LogP contribution in [0.15, 0.2) is 12.1 Å². The lowest BCUT2D eigenvalue weighted by Crippen LogP contribution is -2.10. The van der Waals surface area contributed by atoms with Gasteiger partial charge < -0.3 is 15.4 Å². The second kappa shape index (κ2) is 3.20. The van der Waals surface area contributed by atoms with Crippen molar-refractivity contribution in [2.24, 2.45) is 0 Å². The Kier molecular flexibility index (Phi) is 2.08. The molecule has 4 heteroatoms. The number of aromatic nitrogens is 1. The zero-order valence-electron chi connectivity index (χ0n) is 9.15. The topological polar surface area (TPSA) is 65.6 Å². The Morgan fingerprint density at radius 2 is 1.69 bits per heavy atom. The molecule has 3 N–H and O–H groups in total. The van der Waals surface area contributed by atoms with Crippen molar-refractivity contribution < 1.29 is 15.4 Å². The van der Waals surface area contributed by atoms with Gasteiger partial charge >= 0.3 is 0 Å². The average molecular weight is 219 g/mol. The predicted molar refractivity (Wildman–Crippen MR) is 62.0 cm³/mol. The molecule has 0 amide bonds. The molecule has 0 saturated heterocycles. The first kappa shape index (κ1) is 10.4. The summed E-state index contributed by atoms with van der Waals surface area (Å²) in [5, 5.41) is 31.0. The van der Waals surface area contributed by atoms with Gasteiger partial charge in [0.15, 0.2) is 0 Å². The van der Waals surface area contributed by atoms with Gasteiger partial charge in [0.1, 0.15) is 0 Å². The SMILES string of the molecule is C=c1ccc(=C(C)C)c2c(O)n(O)c(O)c12. The molecule has 16 heavy (non-hydrogen) atoms. The molecule has 0 saturated carbocycles. The van der Waals surface area contributed by atoms with Crippen molar-refractivity contribution >= 4 is 22.9 Å². The summed E-state index contributed by atoms with van der Waals surface area (Å²) in [6.07, 6.45) is 0. The van der Waals surface area contributed by atoms with E-state index in [-0.39, 0.29) is 11.8 Å². The van der Waals surface area contributed by atoms with Crippen molar-refractivity contribution in [2.45, 2.75) is 13.8 Å². The average Bonchev–Trinajstić information content (AvgIpc) is 2.45. The second-order valence-corrected chi connectivity index (χ2v) is 3.98. The summed E-state index contributed by atoms with van der Waals surface area (Å²) in [4.78, 5) is 0. The van der Waals surface area contributed by atoms with Crippen LogP contribution >= 0.6 is 0 Å². The maximum absolute atomic E-state index is 9.75. The third kappa shape index (κ3) is 1.16. The largest absolute Gasteiger partial charge is 0.492 e. The Hall–Kier alpha value is -2.10. The number of hydrogen-bond donors (Lipinski definition) is 3. The minimum Gasteiger partial charge on any atom is -0.492 e. The number of hydrogen-bond acceptors (Lipinski definition) is 3. The van der Waals surface area contributed by atoms with Crippen LogP contribution in [0.4, 0.5) is 0 Å². The molecule has 0 aliphatic heterocycles. The number of aromatic hydroxyl groups is 2. The standard InChI is InChI=1S/C12H13NO3/c1-6(2)8-5-4-7(3)9-10(8)12(15)13(16)11(9)14/h4-5,14-16H,3H2,1-2H3. The van der Waals surface area contributed by atoms with E-state index in [0.717, 1.165) is 10.8 Å². The molecule has 1 aromatic heterocycles. The molecular weight excluding hydrogens is 206 g/mol. The van der Waals surface area contributed by atoms with Crippen LogP contribution in [0.2, 0.25) is 0 Å². The Morgan fingerprint density at radius 3 is 2.25 bits per heavy atom. The molecule has 0 spiro atoms. The van der Waals surface area contributed by atoms with Gasteiger partial charge in [0, 0.05) is 0 Å². The van der Waals surface area contributed by atoms with E-state index >= 15 is 0 Å². The molecule has 0 bridgehead atoms. The molecule has 1 aromatic carbocycles. The van der Waals surface area contributed by atoms with Crippen LogP contribution < -0.4 is 10.4 Å². The zero-order valence-corrected chi connectivity index (χ0v) is 9.15. The van der Waals surface area contributed by atoms with Crippen LogP contribution in [0.1, 0.15) is 13.8 Å². The highest BCUT2D eigenvalue weighted by atomic mass is 16.5. The van der Waals surface area contributed by atoms with Crippen LogP contribution in [-0.2, 0) is 0 Å². The smallest absolute Gasteiger partial charge is 0.237 e. The summed E-state index contributed by atoms with van der Waals surface area (Å²) in [6.45, 7) is 7.54. The molecule has 0 fully saturated rings. The number of rotatable bonds is 0. The number of nitrogens with zero attached hydrogens (tertiary/aromatic N) is 1. The van der Waals surface area contributed by atoms with Crippen molar-refractivity contribution in [3.05, 3.63) is 22.6 Å². The van der Waals surface area contributed by atoms with E-state index in [9.17, 15) is 15.4 Å². The van der Waals surface area contributed by atoms with Gasteiger partial charge in [0.2, 0.25) is 11.8 Å². The van der Waals surface area contributed by atoms with Crippen molar-refractivity contribution in [3.63, 3.8) is 0 Å². The molecule has 0 aliphatic rings. The molecule has 0 aliphatic carbocycles. The Morgan fingerprint density at radius 1 is 1.12 bits per heavy atom. The summed E-state index contributed by atoms with van der Waals surface area (Å²) in [5.74, 6) is -0.755. The molecule has 0 radical (unpaired) electrons. The zero-order chi connectivity index (χ0) is 12.0. The molecular formula is C12H13NO3. The number of fused-ring (bicyclic) bond motifs is 1. The van der Waals surface area contributed by atoms with E-state index < -0.39 is 0 Å². The Bertz CT molecular complexity index is 679. The molecule has 1 heterocycles. The van der Waals surface area contributed by atoms with E-state index in [1.165, 1.54) is 0 Å². The minimum atomic E-state index is -0.388. The summed E-state index contributed by atoms with van der Waals surface area (Å²) in [7, 11) is 0. The van der Waals surface area contributed by atoms with Crippen LogP contribution in [0.25, 0.3) is 22.9 Å². The highest BCUT2D eigenvalue weighted by Gasteiger charge is 2.16. The van der Waals surface area contributed by atoms with Crippen LogP contribution in [-0.4, -0.2) is 20.2 Å². The van der Waals surface area contributed by atoms with Crippen LogP contribution in [0.3, 0.4) is 0 Å². The lowest BCUT2D eigenvalue weighted by atomic mass is 10.1. The maximum atomic E-state index is 9.75. The molecule has 4 nitrogen and oxygen atoms in total. The molecule has 2 rings (SSSR count). The lowest BCUT2D eigenvalue weighted by Gasteiger charge is -1.96. The highest BCUT2D eigenvalue weighted by molar-refractivity contribution is 5.94. The predicted octanol–water partition coefficient (Wildman–Crippen LogP) is 0.891. The second-order valence-electron chi connectivity index (χ2n) is 3.98. The van der Waals surface area contributed by atoms with E-state index in [1.807, 2.05) is 13.8 Å². The van der Waals surface area contributed by atoms with Gasteiger partial charge in [-0.2, -0.15) is 0 Å². The normalized spacial score (nSPS) is 10.9. The molecule has 2 aromatic rings. The first-order valence-corrected chi connectivity index (χ1v) is 4.86. The van der Waals surface area contributed by atoms with Gasteiger partial charge in [-0.25, -0.2) is 0 Å². The van der Waals surface area contributed by atoms with Gasteiger partial charge in [0.05, 0.1) is 10.8 Å². The quantitative estimate of drug-likeness (QED) is 0.576. The van der Waals surface area contributed by atoms with Crippen molar-refractivity contribution in [1.29, 1.82) is 0 Å². The van der Waals surface area contributed by atoms with E-state index in [2.05, 4.69) is 6.58 Å². The first-order chi connectivity index (χ1) is 7.45. The summed E-state index contributed by atoms with van der Waals surface area (Å²) in [6, 6.07) is 3.54. The highest BCUT2D eigenvalue weighted by Crippen LogP contribution is 2.30. The fraction of sp³-hybridized carbons (Fsp3) is 0.167. The third-order valence-corrected chi connectivity index (χ3v) is 2.68. The third-order valence-electron chi connectivity index (χ3n) is 2.68. The van der Waals surface area contributed by atoms with Crippen LogP contribution in [0.5, 0.6) is 11.8 Å². The maximum Gasteiger partial charge on any atom is 0.237 e. The lowest BCUT2D eigenvalue weighted by molar-refractivity contribution is 0.132. The van der Waals surface area contributed by atoms with Gasteiger partial charge in [-0.3, -0.25) is 0 Å². The van der Waals surface area contributed by atoms with E-state index in [1.54, 1.807) is 12.1 Å². The molecule has 0 atom stereocenters. The fourth-order valence-electron chi connectivity index (χ4n) is 1.86. The van der Waals surface area contributed by atoms with Gasteiger partial charge in [-0.15, -0.1) is 4.73 Å². The van der Waals surface area contributed by atoms with Crippen LogP contribution in [0, 0.1) is 0 Å². The van der Waals surface area contributed by atoms with Crippen molar-refractivity contribution in [1.82, 2.24) is 4.73 Å². The van der Waals surface area contributed by atoms with E-state index in [4.69, 9.17) is 0 Å². The van der Waals surface area contributed by atoms with Crippen molar-refractivity contribution in [3.8, 4) is 11.8 Å². The van der Waals surface area contributed by atoms with E-state index in [0.29, 0.717) is 20.7 Å². The monoisotopic (exact) mass is 219 g/mol. The van der Waals surface area contributed by atoms with Crippen molar-refractivity contribution in [2.75, 3.05) is 0 Å². The Balaban J connectivity index is 3.26. The van der Waals surface area contributed by atoms with Gasteiger partial charge in [-0.05, 0) is 24.3 Å². The first-order valence-electron chi connectivity index (χ1n) is 4.86. The summed E-state index contributed by atoms with van der Waals surface area (Å²) >= 11 is 0. The van der Waals surface area contributed by atoms with Gasteiger partial charge in [-0.1, -0.05) is 24.3 Å². The number of benzene rings is 1. The Labute approximate surface area is 91.9 Å².